The van der Waals surface area contributed by atoms with Gasteiger partial charge in [-0.2, -0.15) is 0 Å². The Labute approximate surface area is 100 Å². The molecule has 0 fully saturated rings. The minimum Gasteiger partial charge on any atom is -0.496 e. The van der Waals surface area contributed by atoms with Gasteiger partial charge in [0.15, 0.2) is 5.78 Å². The Balaban J connectivity index is 2.43. The number of carbonyl (C=O) groups is 1. The number of benzene rings is 1. The van der Waals surface area contributed by atoms with Crippen molar-refractivity contribution in [3.05, 3.63) is 48.2 Å². The van der Waals surface area contributed by atoms with Crippen molar-refractivity contribution in [2.24, 2.45) is 0 Å². The Hall–Kier alpha value is -2.16. The Morgan fingerprint density at radius 1 is 1.18 bits per heavy atom. The molecule has 17 heavy (non-hydrogen) atoms. The van der Waals surface area contributed by atoms with Gasteiger partial charge in [0.05, 0.1) is 12.8 Å². The lowest BCUT2D eigenvalue weighted by atomic mass is 10.1. The van der Waals surface area contributed by atoms with Crippen LogP contribution in [0, 0.1) is 0 Å². The van der Waals surface area contributed by atoms with Crippen LogP contribution in [-0.2, 0) is 0 Å². The van der Waals surface area contributed by atoms with E-state index in [4.69, 9.17) is 4.74 Å². The molecule has 0 unspecified atom stereocenters. The standard InChI is InChI=1S/C14H13NO2/c1-10(16)11-7-8-13(15-9-11)12-5-3-4-6-14(12)17-2/h3-9H,1-2H3. The highest BCUT2D eigenvalue weighted by Crippen LogP contribution is 2.27. The zero-order chi connectivity index (χ0) is 12.3. The maximum Gasteiger partial charge on any atom is 0.161 e. The summed E-state index contributed by atoms with van der Waals surface area (Å²) in [5.41, 5.74) is 2.33. The molecule has 0 aliphatic carbocycles. The van der Waals surface area contributed by atoms with Crippen LogP contribution in [0.1, 0.15) is 17.3 Å². The summed E-state index contributed by atoms with van der Waals surface area (Å²) in [6, 6.07) is 11.3. The van der Waals surface area contributed by atoms with E-state index in [0.717, 1.165) is 17.0 Å². The second-order valence-electron chi connectivity index (χ2n) is 3.69. The lowest BCUT2D eigenvalue weighted by Gasteiger charge is -2.07. The number of ether oxygens (including phenoxy) is 1. The number of rotatable bonds is 3. The zero-order valence-corrected chi connectivity index (χ0v) is 9.81. The summed E-state index contributed by atoms with van der Waals surface area (Å²) >= 11 is 0. The predicted octanol–water partition coefficient (Wildman–Crippen LogP) is 2.96. The van der Waals surface area contributed by atoms with Gasteiger partial charge in [-0.3, -0.25) is 9.78 Å². The van der Waals surface area contributed by atoms with Gasteiger partial charge in [0.25, 0.3) is 0 Å². The predicted molar refractivity (Wildman–Crippen MR) is 66.2 cm³/mol. The minimum atomic E-state index is 0.0177. The van der Waals surface area contributed by atoms with Crippen LogP contribution >= 0.6 is 0 Å². The van der Waals surface area contributed by atoms with E-state index < -0.39 is 0 Å². The summed E-state index contributed by atoms with van der Waals surface area (Å²) in [4.78, 5) is 15.4. The smallest absolute Gasteiger partial charge is 0.161 e. The first-order valence-corrected chi connectivity index (χ1v) is 5.33. The molecule has 0 aliphatic rings. The third-order valence-corrected chi connectivity index (χ3v) is 2.55. The van der Waals surface area contributed by atoms with E-state index in [1.165, 1.54) is 6.92 Å². The molecule has 2 rings (SSSR count). The van der Waals surface area contributed by atoms with Crippen molar-refractivity contribution in [2.45, 2.75) is 6.92 Å². The summed E-state index contributed by atoms with van der Waals surface area (Å²) in [7, 11) is 1.63. The fourth-order valence-corrected chi connectivity index (χ4v) is 1.62. The lowest BCUT2D eigenvalue weighted by molar-refractivity contribution is 0.101. The molecule has 0 atom stereocenters. The molecule has 1 aromatic heterocycles. The molecule has 2 aromatic rings. The Morgan fingerprint density at radius 2 is 1.94 bits per heavy atom. The summed E-state index contributed by atoms with van der Waals surface area (Å²) in [5.74, 6) is 0.791. The minimum absolute atomic E-state index is 0.0177. The molecule has 0 bridgehead atoms. The number of pyridine rings is 1. The summed E-state index contributed by atoms with van der Waals surface area (Å²) in [6.45, 7) is 1.53. The van der Waals surface area contributed by atoms with E-state index >= 15 is 0 Å². The molecule has 0 saturated heterocycles. The van der Waals surface area contributed by atoms with E-state index in [1.54, 1.807) is 19.4 Å². The van der Waals surface area contributed by atoms with Crippen molar-refractivity contribution in [3.63, 3.8) is 0 Å². The topological polar surface area (TPSA) is 39.2 Å². The number of Topliss-reactive ketones (excluding diaryl/α,β-unsaturated/α-hetero) is 1. The molecule has 0 radical (unpaired) electrons. The van der Waals surface area contributed by atoms with Gasteiger partial charge in [-0.05, 0) is 31.2 Å². The number of nitrogens with zero attached hydrogens (tertiary/aromatic N) is 1. The van der Waals surface area contributed by atoms with Crippen molar-refractivity contribution in [1.29, 1.82) is 0 Å². The van der Waals surface area contributed by atoms with E-state index in [-0.39, 0.29) is 5.78 Å². The maximum atomic E-state index is 11.2. The summed E-state index contributed by atoms with van der Waals surface area (Å²) in [6.07, 6.45) is 1.59. The molecule has 86 valence electrons. The quantitative estimate of drug-likeness (QED) is 0.757. The van der Waals surface area contributed by atoms with Gasteiger partial charge in [0, 0.05) is 17.3 Å². The number of para-hydroxylation sites is 1. The van der Waals surface area contributed by atoms with Crippen LogP contribution in [0.5, 0.6) is 5.75 Å². The van der Waals surface area contributed by atoms with Gasteiger partial charge < -0.3 is 4.74 Å². The average Bonchev–Trinajstić information content (AvgIpc) is 2.39. The Bertz CT molecular complexity index is 532. The van der Waals surface area contributed by atoms with E-state index in [1.807, 2.05) is 30.3 Å². The van der Waals surface area contributed by atoms with Crippen molar-refractivity contribution in [2.75, 3.05) is 7.11 Å². The number of ketones is 1. The molecule has 0 aliphatic heterocycles. The summed E-state index contributed by atoms with van der Waals surface area (Å²) < 4.78 is 5.27. The van der Waals surface area contributed by atoms with Crippen LogP contribution in [0.2, 0.25) is 0 Å². The average molecular weight is 227 g/mol. The molecular weight excluding hydrogens is 214 g/mol. The van der Waals surface area contributed by atoms with Crippen LogP contribution in [-0.4, -0.2) is 17.9 Å². The van der Waals surface area contributed by atoms with Gasteiger partial charge in [-0.25, -0.2) is 0 Å². The molecule has 1 heterocycles. The van der Waals surface area contributed by atoms with Gasteiger partial charge in [-0.1, -0.05) is 12.1 Å². The van der Waals surface area contributed by atoms with Gasteiger partial charge in [0.1, 0.15) is 5.75 Å². The Kier molecular flexibility index (Phi) is 3.19. The van der Waals surface area contributed by atoms with Crippen molar-refractivity contribution >= 4 is 5.78 Å². The monoisotopic (exact) mass is 227 g/mol. The van der Waals surface area contributed by atoms with E-state index in [2.05, 4.69) is 4.98 Å². The highest BCUT2D eigenvalue weighted by atomic mass is 16.5. The van der Waals surface area contributed by atoms with Gasteiger partial charge >= 0.3 is 0 Å². The first-order valence-electron chi connectivity index (χ1n) is 5.33. The molecular formula is C14H13NO2. The van der Waals surface area contributed by atoms with E-state index in [9.17, 15) is 4.79 Å². The third kappa shape index (κ3) is 2.33. The van der Waals surface area contributed by atoms with Crippen LogP contribution in [0.4, 0.5) is 0 Å². The largest absolute Gasteiger partial charge is 0.496 e. The number of methoxy groups -OCH3 is 1. The highest BCUT2D eigenvalue weighted by Gasteiger charge is 2.06. The lowest BCUT2D eigenvalue weighted by Crippen LogP contribution is -1.94. The SMILES string of the molecule is COc1ccccc1-c1ccc(C(C)=O)cn1. The molecule has 0 spiro atoms. The second-order valence-corrected chi connectivity index (χ2v) is 3.69. The molecule has 3 heteroatoms. The molecule has 0 saturated carbocycles. The zero-order valence-electron chi connectivity index (χ0n) is 9.81. The van der Waals surface area contributed by atoms with Crippen LogP contribution in [0.25, 0.3) is 11.3 Å². The van der Waals surface area contributed by atoms with Crippen molar-refractivity contribution in [1.82, 2.24) is 4.98 Å². The number of hydrogen-bond acceptors (Lipinski definition) is 3. The summed E-state index contributed by atoms with van der Waals surface area (Å²) in [5, 5.41) is 0. The molecule has 3 nitrogen and oxygen atoms in total. The molecule has 0 amide bonds. The molecule has 0 N–H and O–H groups in total. The van der Waals surface area contributed by atoms with Crippen LogP contribution in [0.15, 0.2) is 42.6 Å². The second kappa shape index (κ2) is 4.78. The number of aromatic nitrogens is 1. The fourth-order valence-electron chi connectivity index (χ4n) is 1.62. The van der Waals surface area contributed by atoms with Crippen molar-refractivity contribution < 1.29 is 9.53 Å². The fraction of sp³-hybridized carbons (Fsp3) is 0.143. The number of carbonyl (C=O) groups excluding carboxylic acids is 1. The maximum absolute atomic E-state index is 11.2. The van der Waals surface area contributed by atoms with Crippen LogP contribution in [0.3, 0.4) is 0 Å². The van der Waals surface area contributed by atoms with Crippen molar-refractivity contribution in [3.8, 4) is 17.0 Å². The highest BCUT2D eigenvalue weighted by molar-refractivity contribution is 5.94. The Morgan fingerprint density at radius 3 is 2.53 bits per heavy atom. The first-order chi connectivity index (χ1) is 8.22. The normalized spacial score (nSPS) is 10.0. The van der Waals surface area contributed by atoms with Gasteiger partial charge in [0.2, 0.25) is 0 Å². The van der Waals surface area contributed by atoms with E-state index in [0.29, 0.717) is 5.56 Å². The van der Waals surface area contributed by atoms with Crippen LogP contribution < -0.4 is 4.74 Å². The third-order valence-electron chi connectivity index (χ3n) is 2.55. The number of hydrogen-bond donors (Lipinski definition) is 0. The van der Waals surface area contributed by atoms with Gasteiger partial charge in [-0.15, -0.1) is 0 Å². The first kappa shape index (κ1) is 11.3. The molecule has 1 aromatic carbocycles.